The fourth-order valence-corrected chi connectivity index (χ4v) is 5.63. The molecule has 10 nitrogen and oxygen atoms in total. The first-order valence-corrected chi connectivity index (χ1v) is 12.7. The van der Waals surface area contributed by atoms with E-state index in [9.17, 15) is 0 Å². The minimum absolute atomic E-state index is 0.215. The minimum atomic E-state index is 0.215. The summed E-state index contributed by atoms with van der Waals surface area (Å²) in [6, 6.07) is 5.54. The lowest BCUT2D eigenvalue weighted by Crippen LogP contribution is -2.36. The normalized spacial score (nSPS) is 14.2. The van der Waals surface area contributed by atoms with Crippen LogP contribution in [0.5, 0.6) is 16.7 Å². The Balaban J connectivity index is 1.29. The molecule has 182 valence electrons. The average Bonchev–Trinajstić information content (AvgIpc) is 3.64. The summed E-state index contributed by atoms with van der Waals surface area (Å²) in [5.74, 6) is 1.81. The van der Waals surface area contributed by atoms with Gasteiger partial charge in [0.15, 0.2) is 10.9 Å². The van der Waals surface area contributed by atoms with Gasteiger partial charge in [-0.05, 0) is 17.4 Å². The van der Waals surface area contributed by atoms with E-state index < -0.39 is 0 Å². The zero-order chi connectivity index (χ0) is 23.9. The maximum atomic E-state index is 6.49. The molecule has 13 heteroatoms. The maximum Gasteiger partial charge on any atom is 0.294 e. The van der Waals surface area contributed by atoms with Gasteiger partial charge in [0.25, 0.3) is 5.19 Å². The Morgan fingerprint density at radius 3 is 2.71 bits per heavy atom. The van der Waals surface area contributed by atoms with Gasteiger partial charge in [-0.1, -0.05) is 22.9 Å². The number of ether oxygens (including phenoxy) is 4. The molecule has 35 heavy (non-hydrogen) atoms. The lowest BCUT2D eigenvalue weighted by molar-refractivity contribution is 0.122. The van der Waals surface area contributed by atoms with Gasteiger partial charge in [0.2, 0.25) is 4.96 Å². The molecule has 5 aromatic rings. The van der Waals surface area contributed by atoms with Crippen LogP contribution in [0.4, 0.5) is 5.13 Å². The van der Waals surface area contributed by atoms with Gasteiger partial charge in [-0.2, -0.15) is 0 Å². The van der Waals surface area contributed by atoms with Crippen molar-refractivity contribution >= 4 is 55.3 Å². The van der Waals surface area contributed by atoms with Crippen LogP contribution in [0.2, 0.25) is 4.34 Å². The van der Waals surface area contributed by atoms with Crippen molar-refractivity contribution in [2.24, 2.45) is 0 Å². The van der Waals surface area contributed by atoms with Crippen molar-refractivity contribution in [3.05, 3.63) is 34.4 Å². The molecule has 0 amide bonds. The number of imidazole rings is 1. The van der Waals surface area contributed by atoms with Crippen molar-refractivity contribution in [3.63, 3.8) is 0 Å². The van der Waals surface area contributed by atoms with Crippen LogP contribution in [-0.4, -0.2) is 60.1 Å². The molecule has 5 heterocycles. The molecule has 0 N–H and O–H groups in total. The number of hydrogen-bond acceptors (Lipinski definition) is 11. The molecule has 0 atom stereocenters. The third-order valence-corrected chi connectivity index (χ3v) is 7.83. The first-order valence-electron chi connectivity index (χ1n) is 10.7. The zero-order valence-corrected chi connectivity index (χ0v) is 21.2. The van der Waals surface area contributed by atoms with Gasteiger partial charge in [0, 0.05) is 25.2 Å². The number of methoxy groups -OCH3 is 2. The smallest absolute Gasteiger partial charge is 0.294 e. The maximum absolute atomic E-state index is 6.49. The van der Waals surface area contributed by atoms with Crippen LogP contribution in [0.1, 0.15) is 5.69 Å². The second kappa shape index (κ2) is 9.19. The molecule has 1 aromatic carbocycles. The monoisotopic (exact) mass is 533 g/mol. The quantitative estimate of drug-likeness (QED) is 0.293. The summed E-state index contributed by atoms with van der Waals surface area (Å²) in [5, 5.41) is 6.53. The lowest BCUT2D eigenvalue weighted by atomic mass is 10.2. The molecule has 0 bridgehead atoms. The van der Waals surface area contributed by atoms with Crippen LogP contribution in [0.25, 0.3) is 27.4 Å². The van der Waals surface area contributed by atoms with Gasteiger partial charge >= 0.3 is 0 Å². The number of aromatic nitrogens is 4. The first kappa shape index (κ1) is 22.4. The molecule has 6 rings (SSSR count). The minimum Gasteiger partial charge on any atom is -0.496 e. The number of anilines is 1. The second-order valence-corrected chi connectivity index (χ2v) is 10.2. The van der Waals surface area contributed by atoms with Gasteiger partial charge in [-0.3, -0.25) is 0 Å². The van der Waals surface area contributed by atoms with E-state index in [1.165, 1.54) is 22.7 Å². The van der Waals surface area contributed by atoms with E-state index >= 15 is 0 Å². The number of furan rings is 1. The van der Waals surface area contributed by atoms with Gasteiger partial charge in [-0.25, -0.2) is 14.5 Å². The van der Waals surface area contributed by atoms with Crippen molar-refractivity contribution in [1.29, 1.82) is 0 Å². The highest BCUT2D eigenvalue weighted by Crippen LogP contribution is 2.38. The number of benzene rings is 1. The summed E-state index contributed by atoms with van der Waals surface area (Å²) in [5.41, 5.74) is 1.96. The largest absolute Gasteiger partial charge is 0.496 e. The summed E-state index contributed by atoms with van der Waals surface area (Å²) in [6.45, 7) is 3.18. The summed E-state index contributed by atoms with van der Waals surface area (Å²) in [4.78, 5) is 12.2. The molecule has 0 saturated carbocycles. The standard InChI is InChI=1S/C22H20ClN5O5S2/c1-29-12-7-16(32-11-15-19(23)34-20(25-15)27-3-5-31-6-4-27)13-9-18(33-17(13)8-12)14-10-28-21(24-14)35-22(26-28)30-2/h7-10H,3-6,11H2,1-2H3. The van der Waals surface area contributed by atoms with Gasteiger partial charge in [0.1, 0.15) is 39.4 Å². The zero-order valence-electron chi connectivity index (χ0n) is 18.8. The van der Waals surface area contributed by atoms with Crippen LogP contribution in [0.15, 0.2) is 28.8 Å². The molecule has 1 saturated heterocycles. The van der Waals surface area contributed by atoms with E-state index in [4.69, 9.17) is 39.9 Å². The van der Waals surface area contributed by atoms with Gasteiger partial charge < -0.3 is 28.3 Å². The number of fused-ring (bicyclic) bond motifs is 2. The lowest BCUT2D eigenvalue weighted by Gasteiger charge is -2.25. The van der Waals surface area contributed by atoms with E-state index in [1.54, 1.807) is 24.9 Å². The van der Waals surface area contributed by atoms with Crippen molar-refractivity contribution < 1.29 is 23.4 Å². The van der Waals surface area contributed by atoms with Gasteiger partial charge in [0.05, 0.1) is 39.0 Å². The Hall–Kier alpha value is -3.06. The number of nitrogens with zero attached hydrogens (tertiary/aromatic N) is 5. The fraction of sp³-hybridized carbons (Fsp3) is 0.318. The molecule has 1 aliphatic heterocycles. The predicted molar refractivity (Wildman–Crippen MR) is 134 cm³/mol. The third-order valence-electron chi connectivity index (χ3n) is 5.54. The summed E-state index contributed by atoms with van der Waals surface area (Å²) < 4.78 is 30.6. The molecule has 1 aliphatic rings. The van der Waals surface area contributed by atoms with Crippen molar-refractivity contribution in [1.82, 2.24) is 19.6 Å². The molecule has 0 unspecified atom stereocenters. The Labute approximate surface area is 212 Å². The van der Waals surface area contributed by atoms with E-state index in [-0.39, 0.29) is 6.61 Å². The number of hydrogen-bond donors (Lipinski definition) is 0. The van der Waals surface area contributed by atoms with Crippen molar-refractivity contribution in [2.45, 2.75) is 6.61 Å². The predicted octanol–water partition coefficient (Wildman–Crippen LogP) is 4.75. The van der Waals surface area contributed by atoms with E-state index in [2.05, 4.69) is 15.0 Å². The Kier molecular flexibility index (Phi) is 5.88. The molecule has 0 spiro atoms. The van der Waals surface area contributed by atoms with Gasteiger partial charge in [-0.15, -0.1) is 5.10 Å². The molecular formula is C22H20ClN5O5S2. The van der Waals surface area contributed by atoms with E-state index in [1.807, 2.05) is 18.2 Å². The van der Waals surface area contributed by atoms with Crippen LogP contribution in [0.3, 0.4) is 0 Å². The topological polar surface area (TPSA) is 96.4 Å². The highest BCUT2D eigenvalue weighted by molar-refractivity contribution is 7.19. The first-order chi connectivity index (χ1) is 17.1. The van der Waals surface area contributed by atoms with Crippen LogP contribution < -0.4 is 19.1 Å². The third kappa shape index (κ3) is 4.27. The SMILES string of the molecule is COc1cc(OCc2nc(N3CCOCC3)sc2Cl)c2cc(-c3cn4nc(OC)sc4n3)oc2c1. The number of morpholine rings is 1. The van der Waals surface area contributed by atoms with E-state index in [0.717, 1.165) is 23.6 Å². The molecule has 0 radical (unpaired) electrons. The summed E-state index contributed by atoms with van der Waals surface area (Å²) >= 11 is 9.29. The Morgan fingerprint density at radius 1 is 1.09 bits per heavy atom. The number of rotatable bonds is 7. The highest BCUT2D eigenvalue weighted by atomic mass is 35.5. The fourth-order valence-electron chi connectivity index (χ4n) is 3.78. The molecule has 4 aromatic heterocycles. The summed E-state index contributed by atoms with van der Waals surface area (Å²) in [6.07, 6.45) is 1.80. The van der Waals surface area contributed by atoms with Crippen molar-refractivity contribution in [3.8, 4) is 28.1 Å². The van der Waals surface area contributed by atoms with Crippen LogP contribution in [-0.2, 0) is 11.3 Å². The highest BCUT2D eigenvalue weighted by Gasteiger charge is 2.20. The molecular weight excluding hydrogens is 514 g/mol. The molecule has 0 aliphatic carbocycles. The molecule has 1 fully saturated rings. The Morgan fingerprint density at radius 2 is 1.94 bits per heavy atom. The number of thiazole rings is 1. The summed E-state index contributed by atoms with van der Waals surface area (Å²) in [7, 11) is 3.18. The van der Waals surface area contributed by atoms with Crippen molar-refractivity contribution in [2.75, 3.05) is 45.4 Å². The Bertz CT molecular complexity index is 1470. The van der Waals surface area contributed by atoms with Crippen LogP contribution in [0, 0.1) is 0 Å². The van der Waals surface area contributed by atoms with Crippen LogP contribution >= 0.6 is 34.3 Å². The number of halogens is 1. The average molecular weight is 534 g/mol. The van der Waals surface area contributed by atoms with E-state index in [0.29, 0.717) is 61.9 Å². The second-order valence-electron chi connectivity index (χ2n) is 7.68.